The highest BCUT2D eigenvalue weighted by Gasteiger charge is 2.04. The Morgan fingerprint density at radius 1 is 0.923 bits per heavy atom. The van der Waals surface area contributed by atoms with Crippen LogP contribution in [0, 0.1) is 0 Å². The van der Waals surface area contributed by atoms with Crippen LogP contribution in [0.3, 0.4) is 0 Å². The molecule has 2 aromatic rings. The summed E-state index contributed by atoms with van der Waals surface area (Å²) in [5.74, 6) is 2.28. The van der Waals surface area contributed by atoms with Gasteiger partial charge < -0.3 is 20.1 Å². The van der Waals surface area contributed by atoms with Crippen molar-refractivity contribution in [1.82, 2.24) is 10.6 Å². The third-order valence-corrected chi connectivity index (χ3v) is 3.99. The summed E-state index contributed by atoms with van der Waals surface area (Å²) in [7, 11) is 3.28. The van der Waals surface area contributed by atoms with Gasteiger partial charge in [-0.1, -0.05) is 36.4 Å². The highest BCUT2D eigenvalue weighted by Crippen LogP contribution is 2.27. The van der Waals surface area contributed by atoms with Crippen molar-refractivity contribution in [2.45, 2.75) is 26.3 Å². The van der Waals surface area contributed by atoms with Crippen LogP contribution in [0.15, 0.2) is 53.5 Å². The molecule has 26 heavy (non-hydrogen) atoms. The molecule has 0 amide bonds. The van der Waals surface area contributed by atoms with Crippen molar-refractivity contribution in [3.05, 3.63) is 59.7 Å². The minimum absolute atomic E-state index is 0.578. The third kappa shape index (κ3) is 6.31. The van der Waals surface area contributed by atoms with Gasteiger partial charge in [0.15, 0.2) is 17.5 Å². The Kier molecular flexibility index (Phi) is 8.33. The van der Waals surface area contributed by atoms with E-state index in [1.54, 1.807) is 14.2 Å². The first-order valence-electron chi connectivity index (χ1n) is 9.03. The third-order valence-electron chi connectivity index (χ3n) is 3.99. The van der Waals surface area contributed by atoms with Crippen LogP contribution in [-0.2, 0) is 13.0 Å². The van der Waals surface area contributed by atoms with Crippen LogP contribution in [0.25, 0.3) is 0 Å². The summed E-state index contributed by atoms with van der Waals surface area (Å²) in [6.07, 6.45) is 2.12. The van der Waals surface area contributed by atoms with E-state index in [2.05, 4.69) is 46.8 Å². The van der Waals surface area contributed by atoms with Gasteiger partial charge in [-0.25, -0.2) is 4.99 Å². The Morgan fingerprint density at radius 2 is 1.69 bits per heavy atom. The van der Waals surface area contributed by atoms with E-state index in [1.807, 2.05) is 24.3 Å². The molecule has 0 heterocycles. The molecule has 0 saturated carbocycles. The van der Waals surface area contributed by atoms with E-state index >= 15 is 0 Å². The van der Waals surface area contributed by atoms with Gasteiger partial charge in [-0.05, 0) is 43.0 Å². The number of ether oxygens (including phenoxy) is 2. The number of rotatable bonds is 9. The van der Waals surface area contributed by atoms with Crippen molar-refractivity contribution in [2.75, 3.05) is 27.3 Å². The summed E-state index contributed by atoms with van der Waals surface area (Å²) in [5, 5.41) is 6.68. The minimum atomic E-state index is 0.578. The van der Waals surface area contributed by atoms with E-state index in [9.17, 15) is 0 Å². The van der Waals surface area contributed by atoms with E-state index in [0.29, 0.717) is 6.54 Å². The van der Waals surface area contributed by atoms with Crippen LogP contribution in [0.4, 0.5) is 0 Å². The number of aliphatic imine (C=N–C) groups is 1. The first-order chi connectivity index (χ1) is 12.8. The number of hydrogen-bond donors (Lipinski definition) is 2. The Labute approximate surface area is 156 Å². The van der Waals surface area contributed by atoms with E-state index < -0.39 is 0 Å². The monoisotopic (exact) mass is 355 g/mol. The molecule has 0 aliphatic heterocycles. The fourth-order valence-electron chi connectivity index (χ4n) is 2.64. The topological polar surface area (TPSA) is 54.9 Å². The number of aryl methyl sites for hydroxylation is 1. The van der Waals surface area contributed by atoms with Gasteiger partial charge in [-0.15, -0.1) is 0 Å². The average molecular weight is 355 g/mol. The molecule has 5 nitrogen and oxygen atoms in total. The Balaban J connectivity index is 1.87. The summed E-state index contributed by atoms with van der Waals surface area (Å²) >= 11 is 0. The molecule has 140 valence electrons. The van der Waals surface area contributed by atoms with Crippen LogP contribution in [0.2, 0.25) is 0 Å². The predicted molar refractivity (Wildman–Crippen MR) is 107 cm³/mol. The summed E-state index contributed by atoms with van der Waals surface area (Å²) < 4.78 is 10.6. The molecule has 0 atom stereocenters. The maximum atomic E-state index is 5.35. The summed E-state index contributed by atoms with van der Waals surface area (Å²) in [6.45, 7) is 4.36. The molecule has 0 saturated heterocycles. The molecule has 2 rings (SSSR count). The maximum absolute atomic E-state index is 5.35. The molecule has 0 fully saturated rings. The van der Waals surface area contributed by atoms with Gasteiger partial charge in [0.25, 0.3) is 0 Å². The van der Waals surface area contributed by atoms with Gasteiger partial charge in [0.2, 0.25) is 0 Å². The molecule has 0 aromatic heterocycles. The second-order valence-electron chi connectivity index (χ2n) is 5.90. The predicted octanol–water partition coefficient (Wildman–Crippen LogP) is 3.39. The van der Waals surface area contributed by atoms with Crippen LogP contribution in [0.5, 0.6) is 11.5 Å². The normalized spacial score (nSPS) is 11.1. The van der Waals surface area contributed by atoms with E-state index in [1.165, 1.54) is 5.56 Å². The van der Waals surface area contributed by atoms with Crippen LogP contribution in [0.1, 0.15) is 24.5 Å². The zero-order chi connectivity index (χ0) is 18.6. The molecule has 0 aliphatic carbocycles. The van der Waals surface area contributed by atoms with Crippen LogP contribution in [-0.4, -0.2) is 33.3 Å². The van der Waals surface area contributed by atoms with Crippen molar-refractivity contribution in [3.63, 3.8) is 0 Å². The summed E-state index contributed by atoms with van der Waals surface area (Å²) in [4.78, 5) is 4.66. The average Bonchev–Trinajstić information content (AvgIpc) is 2.69. The Morgan fingerprint density at radius 3 is 2.38 bits per heavy atom. The van der Waals surface area contributed by atoms with Gasteiger partial charge in [0.05, 0.1) is 20.8 Å². The van der Waals surface area contributed by atoms with Crippen molar-refractivity contribution < 1.29 is 9.47 Å². The highest BCUT2D eigenvalue weighted by atomic mass is 16.5. The van der Waals surface area contributed by atoms with E-state index in [4.69, 9.17) is 9.47 Å². The van der Waals surface area contributed by atoms with Gasteiger partial charge >= 0.3 is 0 Å². The van der Waals surface area contributed by atoms with Gasteiger partial charge in [-0.3, -0.25) is 0 Å². The second kappa shape index (κ2) is 11.0. The molecule has 0 aliphatic rings. The van der Waals surface area contributed by atoms with Crippen LogP contribution < -0.4 is 20.1 Å². The van der Waals surface area contributed by atoms with Gasteiger partial charge in [0.1, 0.15) is 0 Å². The fraction of sp³-hybridized carbons (Fsp3) is 0.381. The van der Waals surface area contributed by atoms with Crippen LogP contribution >= 0.6 is 0 Å². The van der Waals surface area contributed by atoms with Crippen molar-refractivity contribution in [3.8, 4) is 11.5 Å². The minimum Gasteiger partial charge on any atom is -0.493 e. The van der Waals surface area contributed by atoms with Gasteiger partial charge in [-0.2, -0.15) is 0 Å². The number of nitrogens with zero attached hydrogens (tertiary/aromatic N) is 1. The highest BCUT2D eigenvalue weighted by molar-refractivity contribution is 5.79. The summed E-state index contributed by atoms with van der Waals surface area (Å²) in [6, 6.07) is 16.4. The largest absolute Gasteiger partial charge is 0.493 e. The van der Waals surface area contributed by atoms with Gasteiger partial charge in [0, 0.05) is 13.1 Å². The first kappa shape index (κ1) is 19.6. The maximum Gasteiger partial charge on any atom is 0.191 e. The molecular formula is C21H29N3O2. The number of methoxy groups -OCH3 is 2. The molecule has 2 N–H and O–H groups in total. The smallest absolute Gasteiger partial charge is 0.191 e. The van der Waals surface area contributed by atoms with Crippen molar-refractivity contribution >= 4 is 5.96 Å². The lowest BCUT2D eigenvalue weighted by Crippen LogP contribution is -2.37. The molecule has 5 heteroatoms. The van der Waals surface area contributed by atoms with E-state index in [-0.39, 0.29) is 0 Å². The first-order valence-corrected chi connectivity index (χ1v) is 9.03. The zero-order valence-electron chi connectivity index (χ0n) is 15.9. The van der Waals surface area contributed by atoms with Crippen molar-refractivity contribution in [2.24, 2.45) is 4.99 Å². The SMILES string of the molecule is CCNC(=NCc1ccc(OC)c(OC)c1)NCCCc1ccccc1. The molecular weight excluding hydrogens is 326 g/mol. The fourth-order valence-corrected chi connectivity index (χ4v) is 2.64. The lowest BCUT2D eigenvalue weighted by atomic mass is 10.1. The molecule has 0 radical (unpaired) electrons. The number of hydrogen-bond acceptors (Lipinski definition) is 3. The lowest BCUT2D eigenvalue weighted by molar-refractivity contribution is 0.354. The lowest BCUT2D eigenvalue weighted by Gasteiger charge is -2.12. The Bertz CT molecular complexity index is 687. The van der Waals surface area contributed by atoms with E-state index in [0.717, 1.165) is 49.0 Å². The number of benzene rings is 2. The molecule has 2 aromatic carbocycles. The quantitative estimate of drug-likeness (QED) is 0.411. The number of guanidine groups is 1. The molecule has 0 unspecified atom stereocenters. The zero-order valence-corrected chi connectivity index (χ0v) is 15.9. The number of nitrogens with one attached hydrogen (secondary N) is 2. The summed E-state index contributed by atoms with van der Waals surface area (Å²) in [5.41, 5.74) is 2.44. The molecule has 0 spiro atoms. The molecule has 0 bridgehead atoms. The standard InChI is InChI=1S/C21H29N3O2/c1-4-22-21(23-14-8-11-17-9-6-5-7-10-17)24-16-18-12-13-19(25-2)20(15-18)26-3/h5-7,9-10,12-13,15H,4,8,11,14,16H2,1-3H3,(H2,22,23,24). The second-order valence-corrected chi connectivity index (χ2v) is 5.90. The Hall–Kier alpha value is -2.69. The van der Waals surface area contributed by atoms with Crippen molar-refractivity contribution in [1.29, 1.82) is 0 Å².